The first kappa shape index (κ1) is 9.99. The third-order valence-corrected chi connectivity index (χ3v) is 2.08. The molecule has 0 unspecified atom stereocenters. The molecule has 0 aliphatic carbocycles. The number of carbonyl (C=O) groups excluding carboxylic acids is 1. The van der Waals surface area contributed by atoms with E-state index in [1.54, 1.807) is 17.1 Å². The number of rotatable bonds is 2. The van der Waals surface area contributed by atoms with Gasteiger partial charge < -0.3 is 9.64 Å². The van der Waals surface area contributed by atoms with E-state index >= 15 is 0 Å². The fourth-order valence-corrected chi connectivity index (χ4v) is 1.28. The lowest BCUT2D eigenvalue weighted by molar-refractivity contribution is -0.130. The van der Waals surface area contributed by atoms with Gasteiger partial charge in [-0.15, -0.1) is 0 Å². The molecular weight excluding hydrogens is 166 g/mol. The average Bonchev–Trinajstić information content (AvgIpc) is 2.21. The number of ether oxygens (including phenoxy) is 1. The number of hydrogen-bond donors (Lipinski definition) is 0. The molecule has 1 saturated heterocycles. The minimum atomic E-state index is 0.0563. The van der Waals surface area contributed by atoms with Gasteiger partial charge in [-0.1, -0.05) is 18.7 Å². The van der Waals surface area contributed by atoms with Gasteiger partial charge in [0, 0.05) is 18.7 Å². The Bertz CT molecular complexity index is 227. The van der Waals surface area contributed by atoms with Crippen LogP contribution in [0.5, 0.6) is 0 Å². The van der Waals surface area contributed by atoms with Crippen LogP contribution in [0.3, 0.4) is 0 Å². The van der Waals surface area contributed by atoms with Crippen molar-refractivity contribution in [1.29, 1.82) is 0 Å². The molecule has 1 fully saturated rings. The monoisotopic (exact) mass is 181 g/mol. The van der Waals surface area contributed by atoms with Gasteiger partial charge in [0.2, 0.25) is 0 Å². The summed E-state index contributed by atoms with van der Waals surface area (Å²) in [7, 11) is 0. The van der Waals surface area contributed by atoms with Crippen LogP contribution >= 0.6 is 0 Å². The average molecular weight is 181 g/mol. The summed E-state index contributed by atoms with van der Waals surface area (Å²) in [6, 6.07) is 0. The van der Waals surface area contributed by atoms with Crippen molar-refractivity contribution < 1.29 is 9.53 Å². The van der Waals surface area contributed by atoms with Crippen LogP contribution in [0.15, 0.2) is 24.3 Å². The van der Waals surface area contributed by atoms with E-state index in [0.717, 1.165) is 0 Å². The summed E-state index contributed by atoms with van der Waals surface area (Å²) in [5, 5.41) is 0. The molecule has 3 nitrogen and oxygen atoms in total. The van der Waals surface area contributed by atoms with E-state index in [9.17, 15) is 4.79 Å². The lowest BCUT2D eigenvalue weighted by Crippen LogP contribution is -2.41. The van der Waals surface area contributed by atoms with Crippen molar-refractivity contribution in [2.24, 2.45) is 0 Å². The Hall–Kier alpha value is -1.09. The van der Waals surface area contributed by atoms with Gasteiger partial charge in [0.25, 0.3) is 5.91 Å². The maximum atomic E-state index is 11.7. The topological polar surface area (TPSA) is 29.5 Å². The Morgan fingerprint density at radius 2 is 2.08 bits per heavy atom. The number of morpholine rings is 1. The van der Waals surface area contributed by atoms with Crippen LogP contribution in [-0.2, 0) is 9.53 Å². The van der Waals surface area contributed by atoms with Gasteiger partial charge in [0.15, 0.2) is 0 Å². The van der Waals surface area contributed by atoms with Crippen LogP contribution in [0, 0.1) is 0 Å². The predicted octanol–water partition coefficient (Wildman–Crippen LogP) is 0.977. The molecule has 1 aliphatic rings. The lowest BCUT2D eigenvalue weighted by atomic mass is 10.2. The van der Waals surface area contributed by atoms with Crippen LogP contribution in [-0.4, -0.2) is 37.1 Å². The van der Waals surface area contributed by atoms with Gasteiger partial charge >= 0.3 is 0 Å². The first-order valence-corrected chi connectivity index (χ1v) is 4.45. The van der Waals surface area contributed by atoms with Crippen molar-refractivity contribution in [3.8, 4) is 0 Å². The Kier molecular flexibility index (Phi) is 3.71. The second-order valence-corrected chi connectivity index (χ2v) is 2.85. The highest BCUT2D eigenvalue weighted by Gasteiger charge is 2.17. The summed E-state index contributed by atoms with van der Waals surface area (Å²) in [5.41, 5.74) is 0.668. The first-order valence-electron chi connectivity index (χ1n) is 4.45. The van der Waals surface area contributed by atoms with Gasteiger partial charge in [-0.2, -0.15) is 0 Å². The van der Waals surface area contributed by atoms with E-state index in [2.05, 4.69) is 6.58 Å². The zero-order valence-electron chi connectivity index (χ0n) is 7.95. The standard InChI is InChI=1S/C10H15NO2/c1-3-9(4-2)10(12)11-5-7-13-8-6-11/h3-4H,1,5-8H2,2H3. The molecule has 1 heterocycles. The van der Waals surface area contributed by atoms with Crippen LogP contribution < -0.4 is 0 Å². The smallest absolute Gasteiger partial charge is 0.253 e. The lowest BCUT2D eigenvalue weighted by Gasteiger charge is -2.27. The third-order valence-electron chi connectivity index (χ3n) is 2.08. The number of nitrogens with zero attached hydrogens (tertiary/aromatic N) is 1. The zero-order valence-corrected chi connectivity index (χ0v) is 7.95. The van der Waals surface area contributed by atoms with E-state index in [-0.39, 0.29) is 5.91 Å². The molecule has 0 N–H and O–H groups in total. The molecule has 0 bridgehead atoms. The normalized spacial score (nSPS) is 18.5. The molecule has 72 valence electrons. The highest BCUT2D eigenvalue weighted by Crippen LogP contribution is 2.05. The van der Waals surface area contributed by atoms with Crippen molar-refractivity contribution in [1.82, 2.24) is 4.90 Å². The largest absolute Gasteiger partial charge is 0.378 e. The van der Waals surface area contributed by atoms with Crippen LogP contribution in [0.25, 0.3) is 0 Å². The fourth-order valence-electron chi connectivity index (χ4n) is 1.28. The number of hydrogen-bond acceptors (Lipinski definition) is 2. The first-order chi connectivity index (χ1) is 6.29. The SMILES string of the molecule is C=CC(=CC)C(=O)N1CCOCC1. The number of carbonyl (C=O) groups is 1. The Labute approximate surface area is 78.7 Å². The van der Waals surface area contributed by atoms with E-state index in [4.69, 9.17) is 4.74 Å². The summed E-state index contributed by atoms with van der Waals surface area (Å²) in [5.74, 6) is 0.0563. The van der Waals surface area contributed by atoms with Crippen molar-refractivity contribution in [2.75, 3.05) is 26.3 Å². The van der Waals surface area contributed by atoms with Crippen LogP contribution in [0.1, 0.15) is 6.92 Å². The van der Waals surface area contributed by atoms with E-state index in [1.807, 2.05) is 6.92 Å². The second kappa shape index (κ2) is 4.82. The molecule has 0 atom stereocenters. The Balaban J connectivity index is 2.59. The minimum Gasteiger partial charge on any atom is -0.378 e. The van der Waals surface area contributed by atoms with E-state index in [0.29, 0.717) is 31.9 Å². The van der Waals surface area contributed by atoms with Crippen molar-refractivity contribution >= 4 is 5.91 Å². The summed E-state index contributed by atoms with van der Waals surface area (Å²) in [4.78, 5) is 13.5. The molecular formula is C10H15NO2. The molecule has 0 radical (unpaired) electrons. The molecule has 1 aliphatic heterocycles. The second-order valence-electron chi connectivity index (χ2n) is 2.85. The highest BCUT2D eigenvalue weighted by atomic mass is 16.5. The molecule has 0 spiro atoms. The minimum absolute atomic E-state index is 0.0563. The van der Waals surface area contributed by atoms with Crippen LogP contribution in [0.4, 0.5) is 0 Å². The number of amides is 1. The van der Waals surface area contributed by atoms with Crippen molar-refractivity contribution in [3.05, 3.63) is 24.3 Å². The van der Waals surface area contributed by atoms with Crippen molar-refractivity contribution in [3.63, 3.8) is 0 Å². The summed E-state index contributed by atoms with van der Waals surface area (Å²) in [6.45, 7) is 8.09. The molecule has 0 saturated carbocycles. The summed E-state index contributed by atoms with van der Waals surface area (Å²) < 4.78 is 5.16. The fraction of sp³-hybridized carbons (Fsp3) is 0.500. The molecule has 3 heteroatoms. The molecule has 1 rings (SSSR count). The van der Waals surface area contributed by atoms with E-state index in [1.165, 1.54) is 0 Å². The number of allylic oxidation sites excluding steroid dienone is 1. The van der Waals surface area contributed by atoms with Gasteiger partial charge in [-0.3, -0.25) is 4.79 Å². The summed E-state index contributed by atoms with van der Waals surface area (Å²) >= 11 is 0. The molecule has 0 aromatic heterocycles. The molecule has 13 heavy (non-hydrogen) atoms. The van der Waals surface area contributed by atoms with Gasteiger partial charge in [0.05, 0.1) is 13.2 Å². The summed E-state index contributed by atoms with van der Waals surface area (Å²) in [6.07, 6.45) is 3.38. The quantitative estimate of drug-likeness (QED) is 0.469. The molecule has 1 amide bonds. The maximum absolute atomic E-state index is 11.7. The highest BCUT2D eigenvalue weighted by molar-refractivity contribution is 5.96. The predicted molar refractivity (Wildman–Crippen MR) is 51.4 cm³/mol. The Morgan fingerprint density at radius 3 is 2.54 bits per heavy atom. The van der Waals surface area contributed by atoms with Gasteiger partial charge in [-0.05, 0) is 6.92 Å². The van der Waals surface area contributed by atoms with Crippen LogP contribution in [0.2, 0.25) is 0 Å². The van der Waals surface area contributed by atoms with Gasteiger partial charge in [0.1, 0.15) is 0 Å². The molecule has 0 aromatic rings. The maximum Gasteiger partial charge on any atom is 0.253 e. The zero-order chi connectivity index (χ0) is 9.68. The third kappa shape index (κ3) is 2.42. The van der Waals surface area contributed by atoms with Gasteiger partial charge in [-0.25, -0.2) is 0 Å². The van der Waals surface area contributed by atoms with E-state index < -0.39 is 0 Å². The van der Waals surface area contributed by atoms with Crippen molar-refractivity contribution in [2.45, 2.75) is 6.92 Å². The molecule has 0 aromatic carbocycles. The Morgan fingerprint density at radius 1 is 1.46 bits per heavy atom.